The van der Waals surface area contributed by atoms with E-state index in [1.165, 1.54) is 0 Å². The van der Waals surface area contributed by atoms with Crippen LogP contribution in [0.2, 0.25) is 0 Å². The highest BCUT2D eigenvalue weighted by Gasteiger charge is 2.05. The molecule has 0 aliphatic carbocycles. The van der Waals surface area contributed by atoms with E-state index in [2.05, 4.69) is 17.6 Å². The second-order valence-electron chi connectivity index (χ2n) is 3.20. The third-order valence-corrected chi connectivity index (χ3v) is 3.44. The van der Waals surface area contributed by atoms with Gasteiger partial charge < -0.3 is 4.74 Å². The van der Waals surface area contributed by atoms with Gasteiger partial charge in [-0.25, -0.2) is 4.98 Å². The summed E-state index contributed by atoms with van der Waals surface area (Å²) in [5.74, 6) is 0.892. The maximum Gasteiger partial charge on any atom is 0.124 e. The van der Waals surface area contributed by atoms with E-state index in [1.807, 2.05) is 30.5 Å². The molecular weight excluding hydrogens is 226 g/mol. The van der Waals surface area contributed by atoms with Gasteiger partial charge in [0, 0.05) is 10.9 Å². The summed E-state index contributed by atoms with van der Waals surface area (Å²) in [4.78, 5) is 4.31. The Balaban J connectivity index is 2.45. The van der Waals surface area contributed by atoms with E-state index in [4.69, 9.17) is 4.74 Å². The van der Waals surface area contributed by atoms with Crippen LogP contribution in [0.15, 0.2) is 28.6 Å². The molecule has 2 aromatic rings. The number of hydrogen-bond donors (Lipinski definition) is 1. The van der Waals surface area contributed by atoms with Crippen molar-refractivity contribution in [1.82, 2.24) is 4.98 Å². The molecule has 2 rings (SSSR count). The van der Waals surface area contributed by atoms with Crippen molar-refractivity contribution < 1.29 is 4.74 Å². The first-order valence-corrected chi connectivity index (χ1v) is 5.83. The Kier molecular flexibility index (Phi) is 2.98. The van der Waals surface area contributed by atoms with E-state index in [0.29, 0.717) is 0 Å². The molecule has 0 fully saturated rings. The predicted octanol–water partition coefficient (Wildman–Crippen LogP) is 3.42. The zero-order valence-corrected chi connectivity index (χ0v) is 10.2. The second-order valence-corrected chi connectivity index (χ2v) is 4.51. The van der Waals surface area contributed by atoms with Gasteiger partial charge in [-0.3, -0.25) is 0 Å². The van der Waals surface area contributed by atoms with Crippen LogP contribution >= 0.6 is 24.0 Å². The smallest absolute Gasteiger partial charge is 0.124 e. The van der Waals surface area contributed by atoms with Crippen LogP contribution in [-0.4, -0.2) is 12.1 Å². The summed E-state index contributed by atoms with van der Waals surface area (Å²) in [6.07, 6.45) is 0. The molecule has 1 aromatic heterocycles. The van der Waals surface area contributed by atoms with E-state index < -0.39 is 0 Å². The first-order chi connectivity index (χ1) is 7.20. The molecule has 4 heteroatoms. The molecule has 0 bridgehead atoms. The Morgan fingerprint density at radius 3 is 2.80 bits per heavy atom. The molecule has 2 nitrogen and oxygen atoms in total. The van der Waals surface area contributed by atoms with Gasteiger partial charge in [-0.15, -0.1) is 24.0 Å². The number of aryl methyl sites for hydroxylation is 1. The van der Waals surface area contributed by atoms with Gasteiger partial charge in [0.25, 0.3) is 0 Å². The molecule has 1 aromatic carbocycles. The molecule has 15 heavy (non-hydrogen) atoms. The summed E-state index contributed by atoms with van der Waals surface area (Å²) >= 11 is 5.78. The van der Waals surface area contributed by atoms with Crippen LogP contribution in [0.5, 0.6) is 5.75 Å². The summed E-state index contributed by atoms with van der Waals surface area (Å²) in [5, 5.41) is 3.65. The molecule has 0 aliphatic heterocycles. The number of methoxy groups -OCH3 is 1. The molecule has 0 atom stereocenters. The molecule has 0 spiro atoms. The van der Waals surface area contributed by atoms with Crippen LogP contribution < -0.4 is 4.74 Å². The van der Waals surface area contributed by atoms with E-state index >= 15 is 0 Å². The van der Waals surface area contributed by atoms with Crippen molar-refractivity contribution in [2.75, 3.05) is 7.11 Å². The minimum atomic E-state index is 0.759. The number of aromatic nitrogens is 1. The maximum atomic E-state index is 5.27. The zero-order valence-electron chi connectivity index (χ0n) is 8.52. The second kappa shape index (κ2) is 4.24. The van der Waals surface area contributed by atoms with Crippen LogP contribution in [0.25, 0.3) is 10.6 Å². The highest BCUT2D eigenvalue weighted by molar-refractivity contribution is 7.80. The van der Waals surface area contributed by atoms with Crippen molar-refractivity contribution in [3.63, 3.8) is 0 Å². The monoisotopic (exact) mass is 237 g/mol. The van der Waals surface area contributed by atoms with Gasteiger partial charge in [0.15, 0.2) is 0 Å². The van der Waals surface area contributed by atoms with Crippen molar-refractivity contribution in [2.24, 2.45) is 0 Å². The van der Waals surface area contributed by atoms with E-state index in [0.717, 1.165) is 26.9 Å². The fourth-order valence-corrected chi connectivity index (χ4v) is 2.36. The molecule has 0 amide bonds. The molecule has 78 valence electrons. The Labute approximate surface area is 98.3 Å². The highest BCUT2D eigenvalue weighted by atomic mass is 32.1. The van der Waals surface area contributed by atoms with Gasteiger partial charge in [0.1, 0.15) is 15.8 Å². The lowest BCUT2D eigenvalue weighted by molar-refractivity contribution is 0.412. The molecule has 0 saturated heterocycles. The predicted molar refractivity (Wildman–Crippen MR) is 66.1 cm³/mol. The Morgan fingerprint density at radius 2 is 2.20 bits per heavy atom. The van der Waals surface area contributed by atoms with Gasteiger partial charge in [0.05, 0.1) is 7.11 Å². The molecule has 0 N–H and O–H groups in total. The lowest BCUT2D eigenvalue weighted by Gasteiger charge is -2.05. The van der Waals surface area contributed by atoms with Crippen molar-refractivity contribution in [2.45, 2.75) is 11.9 Å². The molecule has 0 unspecified atom stereocenters. The third kappa shape index (κ3) is 2.16. The third-order valence-electron chi connectivity index (χ3n) is 2.15. The van der Waals surface area contributed by atoms with Crippen LogP contribution in [-0.2, 0) is 0 Å². The SMILES string of the molecule is COc1cc(-c2nc(S)cs2)ccc1C. The Hall–Kier alpha value is -1.00. The van der Waals surface area contributed by atoms with Crippen molar-refractivity contribution in [3.05, 3.63) is 29.1 Å². The highest BCUT2D eigenvalue weighted by Crippen LogP contribution is 2.29. The summed E-state index contributed by atoms with van der Waals surface area (Å²) in [6, 6.07) is 6.08. The zero-order chi connectivity index (χ0) is 10.8. The van der Waals surface area contributed by atoms with Crippen molar-refractivity contribution >= 4 is 24.0 Å². The first-order valence-electron chi connectivity index (χ1n) is 4.50. The van der Waals surface area contributed by atoms with Gasteiger partial charge in [-0.2, -0.15) is 0 Å². The molecule has 0 radical (unpaired) electrons. The Morgan fingerprint density at radius 1 is 1.40 bits per heavy atom. The van der Waals surface area contributed by atoms with Gasteiger partial charge in [0.2, 0.25) is 0 Å². The largest absolute Gasteiger partial charge is 0.496 e. The number of ether oxygens (including phenoxy) is 1. The number of hydrogen-bond acceptors (Lipinski definition) is 4. The number of thiol groups is 1. The van der Waals surface area contributed by atoms with Crippen LogP contribution in [0, 0.1) is 6.92 Å². The van der Waals surface area contributed by atoms with Gasteiger partial charge in [-0.1, -0.05) is 12.1 Å². The number of thiazole rings is 1. The lowest BCUT2D eigenvalue weighted by atomic mass is 10.1. The summed E-state index contributed by atoms with van der Waals surface area (Å²) in [6.45, 7) is 2.02. The number of benzene rings is 1. The van der Waals surface area contributed by atoms with Gasteiger partial charge in [-0.05, 0) is 18.6 Å². The average molecular weight is 237 g/mol. The normalized spacial score (nSPS) is 10.3. The number of nitrogens with zero attached hydrogens (tertiary/aromatic N) is 1. The molecule has 0 saturated carbocycles. The fraction of sp³-hybridized carbons (Fsp3) is 0.182. The number of rotatable bonds is 2. The van der Waals surface area contributed by atoms with Crippen LogP contribution in [0.4, 0.5) is 0 Å². The molecule has 0 aliphatic rings. The summed E-state index contributed by atoms with van der Waals surface area (Å²) < 4.78 is 5.27. The lowest BCUT2D eigenvalue weighted by Crippen LogP contribution is -1.87. The topological polar surface area (TPSA) is 22.1 Å². The summed E-state index contributed by atoms with van der Waals surface area (Å²) in [5.41, 5.74) is 2.20. The van der Waals surface area contributed by atoms with Crippen molar-refractivity contribution in [3.8, 4) is 16.3 Å². The fourth-order valence-electron chi connectivity index (χ4n) is 1.35. The van der Waals surface area contributed by atoms with Crippen LogP contribution in [0.1, 0.15) is 5.56 Å². The Bertz CT molecular complexity index is 479. The molecular formula is C11H11NOS2. The summed E-state index contributed by atoms with van der Waals surface area (Å²) in [7, 11) is 1.68. The standard InChI is InChI=1S/C11H11NOS2/c1-7-3-4-8(5-9(7)13-2)11-12-10(14)6-15-11/h3-6,14H,1-2H3. The average Bonchev–Trinajstić information content (AvgIpc) is 2.66. The van der Waals surface area contributed by atoms with E-state index in [1.54, 1.807) is 18.4 Å². The van der Waals surface area contributed by atoms with E-state index in [9.17, 15) is 0 Å². The minimum absolute atomic E-state index is 0.759. The van der Waals surface area contributed by atoms with Crippen molar-refractivity contribution in [1.29, 1.82) is 0 Å². The van der Waals surface area contributed by atoms with Gasteiger partial charge >= 0.3 is 0 Å². The van der Waals surface area contributed by atoms with E-state index in [-0.39, 0.29) is 0 Å². The first kappa shape index (κ1) is 10.5. The van der Waals surface area contributed by atoms with Crippen LogP contribution in [0.3, 0.4) is 0 Å². The molecule has 1 heterocycles. The quantitative estimate of drug-likeness (QED) is 0.808. The minimum Gasteiger partial charge on any atom is -0.496 e. The maximum absolute atomic E-state index is 5.27.